The van der Waals surface area contributed by atoms with E-state index >= 15 is 0 Å². The number of carbonyl (C=O) groups excluding carboxylic acids is 1. The molecule has 2 aliphatic rings. The monoisotopic (exact) mass is 455 g/mol. The minimum Gasteiger partial charge on any atom is -0.330 e. The van der Waals surface area contributed by atoms with Gasteiger partial charge in [-0.1, -0.05) is 13.8 Å². The summed E-state index contributed by atoms with van der Waals surface area (Å²) in [6.45, 7) is 6.06. The van der Waals surface area contributed by atoms with Crippen molar-refractivity contribution in [2.75, 3.05) is 18.4 Å². The summed E-state index contributed by atoms with van der Waals surface area (Å²) in [6.07, 6.45) is 1.04. The number of benzene rings is 1. The second kappa shape index (κ2) is 9.57. The topological polar surface area (TPSA) is 105 Å². The molecule has 9 heteroatoms. The van der Waals surface area contributed by atoms with Gasteiger partial charge in [0.25, 0.3) is 0 Å². The molecule has 2 aliphatic carbocycles. The first-order valence-corrected chi connectivity index (χ1v) is 11.5. The predicted octanol–water partition coefficient (Wildman–Crippen LogP) is 4.03. The van der Waals surface area contributed by atoms with Crippen LogP contribution in [0.3, 0.4) is 0 Å². The van der Waals surface area contributed by atoms with Gasteiger partial charge in [-0.2, -0.15) is 13.2 Å². The highest BCUT2D eigenvalue weighted by molar-refractivity contribution is 5.89. The average molecular weight is 456 g/mol. The molecule has 0 bridgehead atoms. The number of fused-ring (bicyclic) bond motifs is 1. The summed E-state index contributed by atoms with van der Waals surface area (Å²) < 4.78 is 38.2. The predicted molar refractivity (Wildman–Crippen MR) is 120 cm³/mol. The molecule has 6 nitrogen and oxygen atoms in total. The van der Waals surface area contributed by atoms with Crippen molar-refractivity contribution >= 4 is 11.7 Å². The minimum absolute atomic E-state index is 0.115. The first kappa shape index (κ1) is 24.8. The van der Waals surface area contributed by atoms with E-state index in [1.54, 1.807) is 0 Å². The Kier molecular flexibility index (Phi) is 7.41. The lowest BCUT2D eigenvalue weighted by Gasteiger charge is -2.42. The third-order valence-corrected chi connectivity index (χ3v) is 7.74. The van der Waals surface area contributed by atoms with Gasteiger partial charge < -0.3 is 27.4 Å². The van der Waals surface area contributed by atoms with Crippen LogP contribution in [0, 0.1) is 16.7 Å². The van der Waals surface area contributed by atoms with Crippen molar-refractivity contribution < 1.29 is 18.0 Å². The quantitative estimate of drug-likeness (QED) is 0.286. The summed E-state index contributed by atoms with van der Waals surface area (Å²) in [5.74, 6) is 0.485. The van der Waals surface area contributed by atoms with Crippen molar-refractivity contribution in [3.05, 3.63) is 29.8 Å². The van der Waals surface area contributed by atoms with Crippen LogP contribution in [0.4, 0.5) is 23.7 Å². The van der Waals surface area contributed by atoms with E-state index in [-0.39, 0.29) is 16.5 Å². The van der Waals surface area contributed by atoms with Crippen LogP contribution >= 0.6 is 0 Å². The summed E-state index contributed by atoms with van der Waals surface area (Å²) in [5, 5.41) is 9.11. The maximum absolute atomic E-state index is 12.7. The molecule has 1 aromatic rings. The number of unbranched alkanes of at least 4 members (excludes halogenated alkanes) is 1. The highest BCUT2D eigenvalue weighted by Gasteiger charge is 2.73. The number of halogens is 3. The first-order valence-electron chi connectivity index (χ1n) is 11.5. The largest absolute Gasteiger partial charge is 0.416 e. The van der Waals surface area contributed by atoms with Crippen LogP contribution in [0.2, 0.25) is 0 Å². The Hall–Kier alpha value is -1.84. The van der Waals surface area contributed by atoms with E-state index in [0.29, 0.717) is 18.5 Å². The molecule has 7 N–H and O–H groups in total. The minimum atomic E-state index is -4.41. The third-order valence-electron chi connectivity index (χ3n) is 7.74. The Morgan fingerprint density at radius 2 is 1.94 bits per heavy atom. The third kappa shape index (κ3) is 4.89. The summed E-state index contributed by atoms with van der Waals surface area (Å²) in [4.78, 5) is 12.6. The normalized spacial score (nSPS) is 30.3. The molecular weight excluding hydrogens is 419 g/mol. The zero-order valence-corrected chi connectivity index (χ0v) is 18.9. The summed E-state index contributed by atoms with van der Waals surface area (Å²) in [7, 11) is 0. The number of hydrogen-bond donors (Lipinski definition) is 5. The summed E-state index contributed by atoms with van der Waals surface area (Å²) >= 11 is 0. The number of carbonyl (C=O) groups is 1. The molecule has 5 atom stereocenters. The Labute approximate surface area is 188 Å². The fraction of sp³-hybridized carbons (Fsp3) is 0.696. The summed E-state index contributed by atoms with van der Waals surface area (Å²) in [6, 6.07) is 4.21. The molecule has 180 valence electrons. The fourth-order valence-corrected chi connectivity index (χ4v) is 5.93. The van der Waals surface area contributed by atoms with E-state index in [4.69, 9.17) is 11.5 Å². The van der Waals surface area contributed by atoms with Crippen molar-refractivity contribution in [1.82, 2.24) is 10.6 Å². The molecule has 2 amide bonds. The zero-order chi connectivity index (χ0) is 23.6. The molecule has 2 fully saturated rings. The Balaban J connectivity index is 1.61. The molecule has 0 saturated heterocycles. The molecule has 0 heterocycles. The van der Waals surface area contributed by atoms with Crippen LogP contribution < -0.4 is 27.4 Å². The van der Waals surface area contributed by atoms with Crippen molar-refractivity contribution in [1.29, 1.82) is 0 Å². The van der Waals surface area contributed by atoms with Gasteiger partial charge in [0.2, 0.25) is 0 Å². The smallest absolute Gasteiger partial charge is 0.330 e. The number of urea groups is 1. The van der Waals surface area contributed by atoms with Gasteiger partial charge in [0.15, 0.2) is 0 Å². The van der Waals surface area contributed by atoms with Gasteiger partial charge in [-0.05, 0) is 87.2 Å². The van der Waals surface area contributed by atoms with E-state index in [1.807, 2.05) is 0 Å². The standard InChI is InChI=1S/C23H36F3N5O/c1-3-21-14-22(21,13-18(12-15(21)2)29-11-5-4-10-27)19(28)31-20(32)30-17-8-6-16(7-9-17)23(24,25)26/h6-9,15,18-19,29H,3-5,10-14,27-28H2,1-2H3,(H2,30,31,32). The van der Waals surface area contributed by atoms with Crippen LogP contribution in [0.25, 0.3) is 0 Å². The number of nitrogens with two attached hydrogens (primary N) is 2. The van der Waals surface area contributed by atoms with Gasteiger partial charge in [-0.25, -0.2) is 4.79 Å². The first-order chi connectivity index (χ1) is 15.1. The SMILES string of the molecule is CCC12CC1(C(N)NC(=O)Nc1ccc(C(F)(F)F)cc1)CC(NCCCCN)CC2C. The number of hydrogen-bond acceptors (Lipinski definition) is 4. The van der Waals surface area contributed by atoms with E-state index in [9.17, 15) is 18.0 Å². The van der Waals surface area contributed by atoms with Crippen molar-refractivity contribution in [2.45, 2.75) is 70.8 Å². The van der Waals surface area contributed by atoms with E-state index in [2.05, 4.69) is 29.8 Å². The molecule has 3 rings (SSSR count). The van der Waals surface area contributed by atoms with E-state index in [1.165, 1.54) is 12.1 Å². The van der Waals surface area contributed by atoms with Crippen LogP contribution in [-0.2, 0) is 6.18 Å². The summed E-state index contributed by atoms with van der Waals surface area (Å²) in [5.41, 5.74) is 11.6. The lowest BCUT2D eigenvalue weighted by atomic mass is 9.68. The molecule has 32 heavy (non-hydrogen) atoms. The molecule has 2 saturated carbocycles. The van der Waals surface area contributed by atoms with E-state index < -0.39 is 23.9 Å². The van der Waals surface area contributed by atoms with Gasteiger partial charge in [-0.3, -0.25) is 0 Å². The second-order valence-electron chi connectivity index (χ2n) is 9.48. The van der Waals surface area contributed by atoms with Crippen LogP contribution in [-0.4, -0.2) is 31.3 Å². The zero-order valence-electron chi connectivity index (χ0n) is 18.9. The van der Waals surface area contributed by atoms with Crippen molar-refractivity contribution in [3.63, 3.8) is 0 Å². The number of anilines is 1. The lowest BCUT2D eigenvalue weighted by molar-refractivity contribution is -0.137. The number of alkyl halides is 3. The van der Waals surface area contributed by atoms with Gasteiger partial charge in [-0.15, -0.1) is 0 Å². The van der Waals surface area contributed by atoms with Crippen LogP contribution in [0.15, 0.2) is 24.3 Å². The highest BCUT2D eigenvalue weighted by Crippen LogP contribution is 2.75. The maximum atomic E-state index is 12.7. The average Bonchev–Trinajstić information content (AvgIpc) is 3.42. The molecule has 0 spiro atoms. The molecule has 1 aromatic carbocycles. The maximum Gasteiger partial charge on any atom is 0.416 e. The van der Waals surface area contributed by atoms with Gasteiger partial charge in [0, 0.05) is 17.1 Å². The molecule has 0 radical (unpaired) electrons. The number of rotatable bonds is 9. The van der Waals surface area contributed by atoms with Crippen molar-refractivity contribution in [3.8, 4) is 0 Å². The van der Waals surface area contributed by atoms with E-state index in [0.717, 1.165) is 57.2 Å². The Morgan fingerprint density at radius 3 is 2.53 bits per heavy atom. The second-order valence-corrected chi connectivity index (χ2v) is 9.48. The van der Waals surface area contributed by atoms with Gasteiger partial charge >= 0.3 is 12.2 Å². The molecular formula is C23H36F3N5O. The Bertz CT molecular complexity index is 787. The van der Waals surface area contributed by atoms with Crippen LogP contribution in [0.5, 0.6) is 0 Å². The number of nitrogens with one attached hydrogen (secondary N) is 3. The van der Waals surface area contributed by atoms with Gasteiger partial charge in [0.1, 0.15) is 0 Å². The number of amides is 2. The lowest BCUT2D eigenvalue weighted by Crippen LogP contribution is -2.55. The molecule has 0 aromatic heterocycles. The molecule has 5 unspecified atom stereocenters. The fourth-order valence-electron chi connectivity index (χ4n) is 5.93. The van der Waals surface area contributed by atoms with Crippen molar-refractivity contribution in [2.24, 2.45) is 28.2 Å². The Morgan fingerprint density at radius 1 is 1.25 bits per heavy atom. The highest BCUT2D eigenvalue weighted by atomic mass is 19.4. The van der Waals surface area contributed by atoms with Crippen LogP contribution in [0.1, 0.15) is 57.9 Å². The molecule has 0 aliphatic heterocycles. The van der Waals surface area contributed by atoms with Gasteiger partial charge in [0.05, 0.1) is 11.7 Å².